The Labute approximate surface area is 155 Å². The van der Waals surface area contributed by atoms with Gasteiger partial charge in [0.25, 0.3) is 0 Å². The van der Waals surface area contributed by atoms with Crippen molar-refractivity contribution in [3.05, 3.63) is 0 Å². The normalized spacial score (nSPS) is 30.7. The largest absolute Gasteiger partial charge is 0.380 e. The molecule has 0 aromatic heterocycles. The van der Waals surface area contributed by atoms with Crippen LogP contribution in [-0.2, 0) is 14.2 Å². The molecule has 25 heavy (non-hydrogen) atoms. The van der Waals surface area contributed by atoms with Gasteiger partial charge in [-0.3, -0.25) is 0 Å². The number of hydrogen-bond donors (Lipinski definition) is 0. The fraction of sp³-hybridized carbons (Fsp3) is 1.00. The van der Waals surface area contributed by atoms with Crippen LogP contribution in [0.1, 0.15) is 66.7 Å². The van der Waals surface area contributed by atoms with E-state index in [-0.39, 0.29) is 11.9 Å². The van der Waals surface area contributed by atoms with Crippen LogP contribution in [0.3, 0.4) is 0 Å². The van der Waals surface area contributed by atoms with Crippen LogP contribution in [0.5, 0.6) is 0 Å². The summed E-state index contributed by atoms with van der Waals surface area (Å²) in [6, 6.07) is 0. The molecule has 1 spiro atoms. The third-order valence-corrected chi connectivity index (χ3v) is 6.86. The zero-order valence-electron chi connectivity index (χ0n) is 17.5. The van der Waals surface area contributed by atoms with Gasteiger partial charge in [0.15, 0.2) is 5.79 Å². The Morgan fingerprint density at radius 3 is 2.48 bits per heavy atom. The molecule has 0 bridgehead atoms. The first-order chi connectivity index (χ1) is 11.8. The van der Waals surface area contributed by atoms with Crippen LogP contribution in [0.25, 0.3) is 0 Å². The monoisotopic (exact) mass is 355 g/mol. The van der Waals surface area contributed by atoms with Crippen molar-refractivity contribution in [2.45, 2.75) is 78.6 Å². The van der Waals surface area contributed by atoms with E-state index in [0.29, 0.717) is 5.41 Å². The lowest BCUT2D eigenvalue weighted by molar-refractivity contribution is -0.198. The van der Waals surface area contributed by atoms with E-state index in [1.165, 1.54) is 12.8 Å². The maximum absolute atomic E-state index is 6.41. The van der Waals surface area contributed by atoms with E-state index in [2.05, 4.69) is 39.6 Å². The number of rotatable bonds is 9. The van der Waals surface area contributed by atoms with Gasteiger partial charge in [0.1, 0.15) is 0 Å². The summed E-state index contributed by atoms with van der Waals surface area (Å²) in [4.78, 5) is 2.33. The molecular weight excluding hydrogens is 314 g/mol. The van der Waals surface area contributed by atoms with Crippen LogP contribution < -0.4 is 0 Å². The molecule has 0 amide bonds. The van der Waals surface area contributed by atoms with Gasteiger partial charge in [0.05, 0.1) is 19.3 Å². The smallest absolute Gasteiger partial charge is 0.168 e. The van der Waals surface area contributed by atoms with Crippen molar-refractivity contribution < 1.29 is 14.2 Å². The molecule has 1 aliphatic carbocycles. The molecule has 2 aliphatic rings. The topological polar surface area (TPSA) is 30.9 Å². The molecule has 1 heterocycles. The van der Waals surface area contributed by atoms with Crippen molar-refractivity contribution >= 4 is 0 Å². The Hall–Kier alpha value is -0.160. The van der Waals surface area contributed by atoms with Crippen LogP contribution >= 0.6 is 0 Å². The Balaban J connectivity index is 1.72. The second-order valence-corrected chi connectivity index (χ2v) is 9.00. The summed E-state index contributed by atoms with van der Waals surface area (Å²) in [6.45, 7) is 16.0. The second kappa shape index (κ2) is 9.16. The van der Waals surface area contributed by atoms with Crippen molar-refractivity contribution in [2.24, 2.45) is 17.3 Å². The molecule has 1 unspecified atom stereocenters. The standard InChI is InChI=1S/C21H41NO3/c1-7-23-15-14-22(6)13-10-19-16-24-21(25-19)11-8-18(9-12-21)20(4,5)17(2)3/h17-19H,7-16H2,1-6H3. The van der Waals surface area contributed by atoms with E-state index < -0.39 is 0 Å². The predicted octanol–water partition coefficient (Wildman–Crippen LogP) is 4.33. The lowest BCUT2D eigenvalue weighted by Crippen LogP contribution is -2.41. The molecule has 148 valence electrons. The Kier molecular flexibility index (Phi) is 7.75. The average molecular weight is 356 g/mol. The minimum atomic E-state index is -0.280. The third kappa shape index (κ3) is 5.66. The molecule has 0 aromatic carbocycles. The summed E-state index contributed by atoms with van der Waals surface area (Å²) in [5, 5.41) is 0. The molecule has 4 heteroatoms. The number of hydrogen-bond acceptors (Lipinski definition) is 4. The zero-order valence-corrected chi connectivity index (χ0v) is 17.5. The highest BCUT2D eigenvalue weighted by Gasteiger charge is 2.46. The number of nitrogens with zero attached hydrogens (tertiary/aromatic N) is 1. The maximum atomic E-state index is 6.41. The number of ether oxygens (including phenoxy) is 3. The van der Waals surface area contributed by atoms with E-state index in [1.54, 1.807) is 0 Å². The van der Waals surface area contributed by atoms with E-state index in [1.807, 2.05) is 6.92 Å². The SMILES string of the molecule is CCOCCN(C)CCC1COC2(CCC(C(C)(C)C(C)C)CC2)O1. The molecule has 1 saturated carbocycles. The van der Waals surface area contributed by atoms with Gasteiger partial charge < -0.3 is 19.1 Å². The molecule has 0 aromatic rings. The van der Waals surface area contributed by atoms with E-state index in [9.17, 15) is 0 Å². The first-order valence-corrected chi connectivity index (χ1v) is 10.4. The summed E-state index contributed by atoms with van der Waals surface area (Å²) >= 11 is 0. The Morgan fingerprint density at radius 1 is 1.20 bits per heavy atom. The van der Waals surface area contributed by atoms with Gasteiger partial charge in [-0.15, -0.1) is 0 Å². The summed E-state index contributed by atoms with van der Waals surface area (Å²) in [5.74, 6) is 1.23. The summed E-state index contributed by atoms with van der Waals surface area (Å²) < 4.78 is 18.0. The fourth-order valence-electron chi connectivity index (χ4n) is 4.14. The molecule has 2 fully saturated rings. The first-order valence-electron chi connectivity index (χ1n) is 10.4. The Bertz CT molecular complexity index is 389. The van der Waals surface area contributed by atoms with Crippen LogP contribution in [0.4, 0.5) is 0 Å². The molecule has 1 atom stereocenters. The van der Waals surface area contributed by atoms with Crippen molar-refractivity contribution in [1.82, 2.24) is 4.90 Å². The molecule has 2 rings (SSSR count). The van der Waals surface area contributed by atoms with Gasteiger partial charge in [0.2, 0.25) is 0 Å². The van der Waals surface area contributed by atoms with Gasteiger partial charge in [-0.1, -0.05) is 27.7 Å². The zero-order chi connectivity index (χ0) is 18.5. The van der Waals surface area contributed by atoms with Gasteiger partial charge in [0, 0.05) is 32.5 Å². The van der Waals surface area contributed by atoms with Crippen LogP contribution in [0, 0.1) is 17.3 Å². The number of likely N-dealkylation sites (N-methyl/N-ethyl adjacent to an activating group) is 1. The Morgan fingerprint density at radius 2 is 1.88 bits per heavy atom. The molecule has 4 nitrogen and oxygen atoms in total. The highest BCUT2D eigenvalue weighted by Crippen LogP contribution is 2.48. The van der Waals surface area contributed by atoms with Crippen molar-refractivity contribution in [3.8, 4) is 0 Å². The second-order valence-electron chi connectivity index (χ2n) is 9.00. The van der Waals surface area contributed by atoms with Gasteiger partial charge in [-0.2, -0.15) is 0 Å². The van der Waals surface area contributed by atoms with Crippen LogP contribution in [0.15, 0.2) is 0 Å². The molecule has 0 radical (unpaired) electrons. The average Bonchev–Trinajstić information content (AvgIpc) is 2.96. The summed E-state index contributed by atoms with van der Waals surface area (Å²) in [5.41, 5.74) is 0.406. The summed E-state index contributed by atoms with van der Waals surface area (Å²) in [6.07, 6.45) is 5.88. The van der Waals surface area contributed by atoms with Crippen LogP contribution in [-0.4, -0.2) is 56.7 Å². The van der Waals surface area contributed by atoms with Crippen molar-refractivity contribution in [3.63, 3.8) is 0 Å². The lowest BCUT2D eigenvalue weighted by atomic mass is 9.64. The van der Waals surface area contributed by atoms with Crippen molar-refractivity contribution in [1.29, 1.82) is 0 Å². The third-order valence-electron chi connectivity index (χ3n) is 6.86. The van der Waals surface area contributed by atoms with Gasteiger partial charge in [-0.25, -0.2) is 0 Å². The minimum Gasteiger partial charge on any atom is -0.380 e. The molecular formula is C21H41NO3. The highest BCUT2D eigenvalue weighted by atomic mass is 16.7. The van der Waals surface area contributed by atoms with E-state index >= 15 is 0 Å². The highest BCUT2D eigenvalue weighted by molar-refractivity contribution is 4.91. The molecule has 1 saturated heterocycles. The van der Waals surface area contributed by atoms with Gasteiger partial charge >= 0.3 is 0 Å². The lowest BCUT2D eigenvalue weighted by Gasteiger charge is -2.44. The first kappa shape index (κ1) is 21.1. The summed E-state index contributed by atoms with van der Waals surface area (Å²) in [7, 11) is 2.16. The minimum absolute atomic E-state index is 0.254. The fourth-order valence-corrected chi connectivity index (χ4v) is 4.14. The molecule has 1 aliphatic heterocycles. The van der Waals surface area contributed by atoms with Crippen LogP contribution in [0.2, 0.25) is 0 Å². The van der Waals surface area contributed by atoms with E-state index in [4.69, 9.17) is 14.2 Å². The van der Waals surface area contributed by atoms with Crippen molar-refractivity contribution in [2.75, 3.05) is 40.0 Å². The van der Waals surface area contributed by atoms with E-state index in [0.717, 1.165) is 64.0 Å². The molecule has 0 N–H and O–H groups in total. The quantitative estimate of drug-likeness (QED) is 0.576. The van der Waals surface area contributed by atoms with Gasteiger partial charge in [-0.05, 0) is 50.5 Å². The predicted molar refractivity (Wildman–Crippen MR) is 103 cm³/mol. The maximum Gasteiger partial charge on any atom is 0.168 e.